The zero-order valence-electron chi connectivity index (χ0n) is 57.2. The maximum absolute atomic E-state index is 11.5. The van der Waals surface area contributed by atoms with E-state index >= 15 is 0 Å². The molecule has 0 atom stereocenters. The second kappa shape index (κ2) is 33.1. The number of unbranched alkanes of at least 4 members (excludes halogenated alkanes) is 20. The molecule has 0 unspecified atom stereocenters. The highest BCUT2D eigenvalue weighted by Gasteiger charge is 2.45. The van der Waals surface area contributed by atoms with E-state index in [1.54, 1.807) is 0 Å². The van der Waals surface area contributed by atoms with Gasteiger partial charge in [-0.3, -0.25) is 0 Å². The molecule has 2 aliphatic rings. The normalized spacial score (nSPS) is 13.0. The van der Waals surface area contributed by atoms with Crippen LogP contribution in [0, 0.1) is 22.7 Å². The summed E-state index contributed by atoms with van der Waals surface area (Å²) in [4.78, 5) is 4.85. The van der Waals surface area contributed by atoms with Gasteiger partial charge in [-0.15, -0.1) is 0 Å². The molecule has 11 rings (SSSR count). The van der Waals surface area contributed by atoms with Crippen LogP contribution < -0.4 is 9.80 Å². The van der Waals surface area contributed by atoms with Crippen molar-refractivity contribution in [1.82, 2.24) is 0 Å². The molecule has 482 valence electrons. The quantitative estimate of drug-likeness (QED) is 0.0367. The second-order valence-electron chi connectivity index (χ2n) is 27.4. The minimum absolute atomic E-state index is 0.238. The number of nitriles is 2. The lowest BCUT2D eigenvalue weighted by molar-refractivity contribution is 0.398. The molecular formula is C90H102N4. The van der Waals surface area contributed by atoms with Crippen LogP contribution in [0.2, 0.25) is 0 Å². The summed E-state index contributed by atoms with van der Waals surface area (Å²) in [5.74, 6) is 0. The van der Waals surface area contributed by atoms with Crippen molar-refractivity contribution >= 4 is 34.1 Å². The average Bonchev–Trinajstić information content (AvgIpc) is 1.56. The van der Waals surface area contributed by atoms with Gasteiger partial charge in [0.2, 0.25) is 0 Å². The third-order valence-electron chi connectivity index (χ3n) is 21.1. The summed E-state index contributed by atoms with van der Waals surface area (Å²) in [7, 11) is 0. The molecular weight excluding hydrogens is 1140 g/mol. The highest BCUT2D eigenvalue weighted by molar-refractivity contribution is 5.91. The summed E-state index contributed by atoms with van der Waals surface area (Å²) in [6, 6.07) is 81.6. The van der Waals surface area contributed by atoms with Gasteiger partial charge < -0.3 is 9.80 Å². The Hall–Kier alpha value is -8.44. The summed E-state index contributed by atoms with van der Waals surface area (Å²) in [5, 5.41) is 23.1. The third kappa shape index (κ3) is 14.9. The molecule has 0 spiro atoms. The Morgan fingerprint density at radius 3 is 0.787 bits per heavy atom. The van der Waals surface area contributed by atoms with Crippen molar-refractivity contribution in [1.29, 1.82) is 10.5 Å². The standard InChI is InChI=1S/C90H102N4/c1-5-9-13-17-21-37-57-89(58-38-22-18-14-10-6-2)85-63-69(49-53-79(85)81-55-51-77(65-87(81)89)93(73-41-29-25-30-42-73)74-43-31-26-32-44-74)83-61-72(68-92)84(62-71(83)67-91)70-50-54-80-82-56-52-78(94(75-45-33-27-34-46-75)76-47-35-28-36-48-76)66-88(82)90(86(80)64-70,59-39-23-19-15-11-7-3)60-40-24-20-16-12-8-4/h25-36,41-56,61-66H,5-24,37-40,57-60H2,1-4H3. The number of fused-ring (bicyclic) bond motifs is 6. The second-order valence-corrected chi connectivity index (χ2v) is 27.4. The van der Waals surface area contributed by atoms with Crippen LogP contribution in [0.4, 0.5) is 34.1 Å². The maximum atomic E-state index is 11.5. The van der Waals surface area contributed by atoms with E-state index in [1.165, 1.54) is 184 Å². The number of benzene rings is 9. The van der Waals surface area contributed by atoms with Gasteiger partial charge in [0.15, 0.2) is 0 Å². The van der Waals surface area contributed by atoms with Gasteiger partial charge in [0, 0.05) is 56.1 Å². The third-order valence-corrected chi connectivity index (χ3v) is 21.1. The summed E-state index contributed by atoms with van der Waals surface area (Å²) >= 11 is 0. The molecule has 0 saturated heterocycles. The van der Waals surface area contributed by atoms with Gasteiger partial charge in [-0.25, -0.2) is 0 Å². The fraction of sp³-hybridized carbons (Fsp3) is 0.378. The smallest absolute Gasteiger partial charge is 0.0998 e. The van der Waals surface area contributed by atoms with Crippen LogP contribution in [0.25, 0.3) is 44.5 Å². The highest BCUT2D eigenvalue weighted by atomic mass is 15.1. The average molecular weight is 1240 g/mol. The van der Waals surface area contributed by atoms with Crippen molar-refractivity contribution in [2.24, 2.45) is 0 Å². The van der Waals surface area contributed by atoms with E-state index in [0.717, 1.165) is 96.4 Å². The topological polar surface area (TPSA) is 54.1 Å². The van der Waals surface area contributed by atoms with Crippen LogP contribution in [0.1, 0.15) is 241 Å². The van der Waals surface area contributed by atoms with E-state index in [9.17, 15) is 10.5 Å². The van der Waals surface area contributed by atoms with Gasteiger partial charge in [-0.05, 0) is 178 Å². The first kappa shape index (κ1) is 67.0. The van der Waals surface area contributed by atoms with Crippen molar-refractivity contribution in [3.63, 3.8) is 0 Å². The summed E-state index contributed by atoms with van der Waals surface area (Å²) in [6.45, 7) is 9.23. The van der Waals surface area contributed by atoms with Gasteiger partial charge in [0.05, 0.1) is 23.3 Å². The number of hydrogen-bond acceptors (Lipinski definition) is 4. The van der Waals surface area contributed by atoms with E-state index in [-0.39, 0.29) is 10.8 Å². The summed E-state index contributed by atoms with van der Waals surface area (Å²) < 4.78 is 0. The van der Waals surface area contributed by atoms with E-state index in [0.29, 0.717) is 11.1 Å². The van der Waals surface area contributed by atoms with Crippen molar-refractivity contribution in [2.45, 2.75) is 218 Å². The molecule has 0 heterocycles. The molecule has 94 heavy (non-hydrogen) atoms. The van der Waals surface area contributed by atoms with Crippen LogP contribution in [0.15, 0.2) is 206 Å². The van der Waals surface area contributed by atoms with Crippen LogP contribution >= 0.6 is 0 Å². The lowest BCUT2D eigenvalue weighted by atomic mass is 9.70. The highest BCUT2D eigenvalue weighted by Crippen LogP contribution is 2.59. The van der Waals surface area contributed by atoms with Crippen molar-refractivity contribution < 1.29 is 0 Å². The lowest BCUT2D eigenvalue weighted by Gasteiger charge is -2.34. The molecule has 0 radical (unpaired) electrons. The Labute approximate surface area is 565 Å². The van der Waals surface area contributed by atoms with Crippen LogP contribution in [-0.2, 0) is 10.8 Å². The van der Waals surface area contributed by atoms with Crippen molar-refractivity contribution in [3.8, 4) is 56.6 Å². The molecule has 9 aromatic carbocycles. The Kier molecular flexibility index (Phi) is 23.6. The SMILES string of the molecule is CCCCCCCCC1(CCCCCCCC)c2cc(-c3cc(C#N)c(-c4ccc5c(c4)C(CCCCCCCC)(CCCCCCCC)c4cc(N(c6ccccc6)c6ccccc6)ccc4-5)cc3C#N)ccc2-c2ccc(N(c3ccccc3)c3ccccc3)cc21. The van der Waals surface area contributed by atoms with Gasteiger partial charge in [0.25, 0.3) is 0 Å². The molecule has 0 bridgehead atoms. The van der Waals surface area contributed by atoms with Gasteiger partial charge >= 0.3 is 0 Å². The van der Waals surface area contributed by atoms with Crippen LogP contribution in [-0.4, -0.2) is 0 Å². The molecule has 0 aromatic heterocycles. The Morgan fingerprint density at radius 2 is 0.511 bits per heavy atom. The number of para-hydroxylation sites is 4. The molecule has 0 aliphatic heterocycles. The lowest BCUT2D eigenvalue weighted by Crippen LogP contribution is -2.26. The molecule has 0 saturated carbocycles. The minimum atomic E-state index is -0.238. The predicted octanol–water partition coefficient (Wildman–Crippen LogP) is 27.2. The predicted molar refractivity (Wildman–Crippen MR) is 401 cm³/mol. The fourth-order valence-electron chi connectivity index (χ4n) is 16.2. The largest absolute Gasteiger partial charge is 0.310 e. The van der Waals surface area contributed by atoms with E-state index in [4.69, 9.17) is 0 Å². The minimum Gasteiger partial charge on any atom is -0.310 e. The van der Waals surface area contributed by atoms with E-state index in [1.807, 2.05) is 0 Å². The molecule has 0 amide bonds. The molecule has 0 fully saturated rings. The molecule has 0 N–H and O–H groups in total. The van der Waals surface area contributed by atoms with Crippen LogP contribution in [0.3, 0.4) is 0 Å². The first-order valence-corrected chi connectivity index (χ1v) is 36.8. The Bertz CT molecular complexity index is 3590. The maximum Gasteiger partial charge on any atom is 0.0998 e. The number of rotatable bonds is 36. The molecule has 2 aliphatic carbocycles. The van der Waals surface area contributed by atoms with Crippen LogP contribution in [0.5, 0.6) is 0 Å². The number of hydrogen-bond donors (Lipinski definition) is 0. The fourth-order valence-corrected chi connectivity index (χ4v) is 16.2. The van der Waals surface area contributed by atoms with E-state index < -0.39 is 0 Å². The van der Waals surface area contributed by atoms with Crippen molar-refractivity contribution in [2.75, 3.05) is 9.80 Å². The molecule has 4 nitrogen and oxygen atoms in total. The molecule has 4 heteroatoms. The Balaban J connectivity index is 1.02. The van der Waals surface area contributed by atoms with Crippen molar-refractivity contribution in [3.05, 3.63) is 240 Å². The van der Waals surface area contributed by atoms with Gasteiger partial charge in [-0.1, -0.05) is 291 Å². The summed E-state index contributed by atoms with van der Waals surface area (Å²) in [6.07, 6.45) is 33.9. The summed E-state index contributed by atoms with van der Waals surface area (Å²) in [5.41, 5.74) is 22.1. The molecule has 9 aromatic rings. The van der Waals surface area contributed by atoms with Gasteiger partial charge in [0.1, 0.15) is 0 Å². The Morgan fingerprint density at radius 1 is 0.255 bits per heavy atom. The van der Waals surface area contributed by atoms with Gasteiger partial charge in [-0.2, -0.15) is 10.5 Å². The zero-order chi connectivity index (χ0) is 65.0. The number of nitrogens with zero attached hydrogens (tertiary/aromatic N) is 4. The number of anilines is 6. The first-order chi connectivity index (χ1) is 46.4. The monoisotopic (exact) mass is 1240 g/mol. The first-order valence-electron chi connectivity index (χ1n) is 36.8. The zero-order valence-corrected chi connectivity index (χ0v) is 57.2. The van der Waals surface area contributed by atoms with E-state index in [2.05, 4.69) is 256 Å².